The number of carbonyl (C=O) groups is 1. The normalized spacial score (nSPS) is 11.1. The number of carboxylic acids is 1. The average Bonchev–Trinajstić information content (AvgIpc) is 2.81. The number of aromatic nitrogens is 2. The lowest BCUT2D eigenvalue weighted by atomic mass is 10.3. The topological polar surface area (TPSA) is 121 Å². The maximum absolute atomic E-state index is 12.1. The molecular weight excluding hydrogens is 298 g/mol. The molecule has 0 atom stereocenters. The van der Waals surface area contributed by atoms with Crippen molar-refractivity contribution in [2.75, 3.05) is 11.3 Å². The van der Waals surface area contributed by atoms with E-state index in [9.17, 15) is 13.2 Å². The zero-order valence-electron chi connectivity index (χ0n) is 11.0. The molecule has 0 amide bonds. The maximum Gasteiger partial charge on any atom is 0.341 e. The molecule has 0 saturated heterocycles. The van der Waals surface area contributed by atoms with E-state index in [4.69, 9.17) is 9.84 Å². The highest BCUT2D eigenvalue weighted by atomic mass is 32.2. The van der Waals surface area contributed by atoms with Gasteiger partial charge in [-0.1, -0.05) is 0 Å². The van der Waals surface area contributed by atoms with Crippen molar-refractivity contribution in [2.24, 2.45) is 0 Å². The summed E-state index contributed by atoms with van der Waals surface area (Å²) in [6.45, 7) is 1.26. The Balaban J connectivity index is 2.11. The van der Waals surface area contributed by atoms with Crippen LogP contribution in [-0.2, 0) is 14.8 Å². The summed E-state index contributed by atoms with van der Waals surface area (Å²) in [5.74, 6) is -0.645. The van der Waals surface area contributed by atoms with Crippen LogP contribution in [0.1, 0.15) is 5.69 Å². The quantitative estimate of drug-likeness (QED) is 0.731. The number of aromatic amines is 1. The van der Waals surface area contributed by atoms with Crippen LogP contribution in [0.15, 0.2) is 35.2 Å². The fraction of sp³-hybridized carbons (Fsp3) is 0.167. The fourth-order valence-corrected chi connectivity index (χ4v) is 2.52. The number of nitrogens with zero attached hydrogens (tertiary/aromatic N) is 1. The van der Waals surface area contributed by atoms with Crippen LogP contribution in [0.4, 0.5) is 5.82 Å². The van der Waals surface area contributed by atoms with Crippen molar-refractivity contribution in [2.45, 2.75) is 11.8 Å². The number of hydrogen-bond acceptors (Lipinski definition) is 5. The average molecular weight is 311 g/mol. The first-order chi connectivity index (χ1) is 9.87. The molecule has 0 aliphatic heterocycles. The molecule has 0 spiro atoms. The van der Waals surface area contributed by atoms with Gasteiger partial charge in [0.2, 0.25) is 0 Å². The Bertz CT molecular complexity index is 737. The molecule has 8 nitrogen and oxygen atoms in total. The summed E-state index contributed by atoms with van der Waals surface area (Å²) in [5, 5.41) is 14.9. The van der Waals surface area contributed by atoms with E-state index in [0.717, 1.165) is 5.69 Å². The molecule has 2 aromatic rings. The second-order valence-corrected chi connectivity index (χ2v) is 5.88. The predicted molar refractivity (Wildman–Crippen MR) is 73.7 cm³/mol. The Morgan fingerprint density at radius 2 is 2.05 bits per heavy atom. The van der Waals surface area contributed by atoms with Gasteiger partial charge in [0.25, 0.3) is 10.0 Å². The molecule has 0 unspecified atom stereocenters. The minimum atomic E-state index is -3.75. The number of hydrogen-bond donors (Lipinski definition) is 3. The van der Waals surface area contributed by atoms with Crippen LogP contribution in [0.5, 0.6) is 5.75 Å². The van der Waals surface area contributed by atoms with Crippen LogP contribution < -0.4 is 9.46 Å². The summed E-state index contributed by atoms with van der Waals surface area (Å²) in [6, 6.07) is 6.96. The number of nitrogens with one attached hydrogen (secondary N) is 2. The van der Waals surface area contributed by atoms with Gasteiger partial charge in [0, 0.05) is 11.8 Å². The summed E-state index contributed by atoms with van der Waals surface area (Å²) < 4.78 is 31.4. The predicted octanol–water partition coefficient (Wildman–Crippen LogP) is 0.982. The van der Waals surface area contributed by atoms with Crippen LogP contribution in [0, 0.1) is 6.92 Å². The van der Waals surface area contributed by atoms with E-state index in [1.54, 1.807) is 13.0 Å². The number of H-pyrrole nitrogens is 1. The minimum absolute atomic E-state index is 0.0193. The molecule has 0 aliphatic carbocycles. The summed E-state index contributed by atoms with van der Waals surface area (Å²) in [4.78, 5) is 10.4. The molecule has 0 bridgehead atoms. The lowest BCUT2D eigenvalue weighted by molar-refractivity contribution is -0.139. The Hall–Kier alpha value is -2.55. The lowest BCUT2D eigenvalue weighted by Gasteiger charge is -2.07. The van der Waals surface area contributed by atoms with Gasteiger partial charge in [0.1, 0.15) is 5.75 Å². The zero-order valence-corrected chi connectivity index (χ0v) is 11.8. The number of anilines is 1. The van der Waals surface area contributed by atoms with E-state index >= 15 is 0 Å². The molecule has 3 N–H and O–H groups in total. The fourth-order valence-electron chi connectivity index (χ4n) is 1.53. The van der Waals surface area contributed by atoms with Gasteiger partial charge in [-0.2, -0.15) is 5.10 Å². The van der Waals surface area contributed by atoms with Crippen molar-refractivity contribution in [1.82, 2.24) is 10.2 Å². The van der Waals surface area contributed by atoms with Crippen LogP contribution in [0.25, 0.3) is 0 Å². The van der Waals surface area contributed by atoms with Crippen LogP contribution >= 0.6 is 0 Å². The molecule has 2 rings (SSSR count). The van der Waals surface area contributed by atoms with Crippen LogP contribution in [-0.4, -0.2) is 36.3 Å². The number of aryl methyl sites for hydroxylation is 1. The molecule has 9 heteroatoms. The first-order valence-corrected chi connectivity index (χ1v) is 7.34. The summed E-state index contributed by atoms with van der Waals surface area (Å²) in [5.41, 5.74) is 0.727. The highest BCUT2D eigenvalue weighted by Gasteiger charge is 2.15. The molecule has 1 aromatic heterocycles. The van der Waals surface area contributed by atoms with Gasteiger partial charge in [0.15, 0.2) is 12.4 Å². The van der Waals surface area contributed by atoms with Gasteiger partial charge in [-0.3, -0.25) is 9.82 Å². The van der Waals surface area contributed by atoms with Gasteiger partial charge >= 0.3 is 5.97 Å². The molecule has 112 valence electrons. The third-order valence-electron chi connectivity index (χ3n) is 2.44. The number of sulfonamides is 1. The second-order valence-electron chi connectivity index (χ2n) is 4.20. The Morgan fingerprint density at radius 1 is 1.38 bits per heavy atom. The Labute approximate surface area is 120 Å². The molecule has 0 aliphatic rings. The largest absolute Gasteiger partial charge is 0.482 e. The first kappa shape index (κ1) is 14.9. The van der Waals surface area contributed by atoms with Crippen molar-refractivity contribution in [1.29, 1.82) is 0 Å². The molecule has 21 heavy (non-hydrogen) atoms. The van der Waals surface area contributed by atoms with E-state index in [-0.39, 0.29) is 16.5 Å². The molecule has 1 aromatic carbocycles. The summed E-state index contributed by atoms with van der Waals surface area (Å²) in [6.07, 6.45) is 0. The van der Waals surface area contributed by atoms with Crippen molar-refractivity contribution in [3.8, 4) is 5.75 Å². The van der Waals surface area contributed by atoms with Crippen molar-refractivity contribution < 1.29 is 23.1 Å². The number of benzene rings is 1. The third-order valence-corrected chi connectivity index (χ3v) is 3.81. The van der Waals surface area contributed by atoms with Gasteiger partial charge in [-0.25, -0.2) is 13.2 Å². The Morgan fingerprint density at radius 3 is 2.57 bits per heavy atom. The maximum atomic E-state index is 12.1. The zero-order chi connectivity index (χ0) is 15.5. The highest BCUT2D eigenvalue weighted by Crippen LogP contribution is 2.18. The molecule has 0 fully saturated rings. The highest BCUT2D eigenvalue weighted by molar-refractivity contribution is 7.92. The standard InChI is InChI=1S/C12H13N3O5S/c1-8-6-11(14-13-8)15-21(18,19)10-4-2-9(3-5-10)20-7-12(16)17/h2-6H,7H2,1H3,(H,16,17)(H2,13,14,15). The molecular formula is C12H13N3O5S. The summed E-state index contributed by atoms with van der Waals surface area (Å²) >= 11 is 0. The van der Waals surface area contributed by atoms with Crippen LogP contribution in [0.3, 0.4) is 0 Å². The number of rotatable bonds is 6. The number of carboxylic acid groups (broad SMARTS) is 1. The van der Waals surface area contributed by atoms with Gasteiger partial charge < -0.3 is 9.84 Å². The molecule has 1 heterocycles. The number of ether oxygens (including phenoxy) is 1. The lowest BCUT2D eigenvalue weighted by Crippen LogP contribution is -2.13. The van der Waals surface area contributed by atoms with Crippen molar-refractivity contribution in [3.05, 3.63) is 36.0 Å². The van der Waals surface area contributed by atoms with E-state index in [1.165, 1.54) is 24.3 Å². The van der Waals surface area contributed by atoms with Crippen LogP contribution in [0.2, 0.25) is 0 Å². The van der Waals surface area contributed by atoms with E-state index in [2.05, 4.69) is 14.9 Å². The summed E-state index contributed by atoms with van der Waals surface area (Å²) in [7, 11) is -3.75. The Kier molecular flexibility index (Phi) is 4.13. The van der Waals surface area contributed by atoms with Crippen molar-refractivity contribution >= 4 is 21.8 Å². The number of aliphatic carboxylic acids is 1. The molecule has 0 radical (unpaired) electrons. The van der Waals surface area contributed by atoms with E-state index < -0.39 is 22.6 Å². The first-order valence-electron chi connectivity index (χ1n) is 5.86. The van der Waals surface area contributed by atoms with Crippen molar-refractivity contribution in [3.63, 3.8) is 0 Å². The second kappa shape index (κ2) is 5.83. The monoisotopic (exact) mass is 311 g/mol. The van der Waals surface area contributed by atoms with E-state index in [1.807, 2.05) is 0 Å². The smallest absolute Gasteiger partial charge is 0.341 e. The minimum Gasteiger partial charge on any atom is -0.482 e. The third kappa shape index (κ3) is 3.96. The van der Waals surface area contributed by atoms with Gasteiger partial charge in [0.05, 0.1) is 4.90 Å². The van der Waals surface area contributed by atoms with Gasteiger partial charge in [-0.15, -0.1) is 0 Å². The van der Waals surface area contributed by atoms with Gasteiger partial charge in [-0.05, 0) is 31.2 Å². The van der Waals surface area contributed by atoms with E-state index in [0.29, 0.717) is 0 Å². The molecule has 0 saturated carbocycles. The SMILES string of the molecule is Cc1cc(NS(=O)(=O)c2ccc(OCC(=O)O)cc2)n[nH]1.